The summed E-state index contributed by atoms with van der Waals surface area (Å²) in [5.74, 6) is -0.104. The Labute approximate surface area is 187 Å². The Morgan fingerprint density at radius 3 is 2.38 bits per heavy atom. The predicted octanol–water partition coefficient (Wildman–Crippen LogP) is 4.53. The molecule has 2 aromatic carbocycles. The number of carbonyl (C=O) groups is 1. The molecule has 164 valence electrons. The van der Waals surface area contributed by atoms with Crippen molar-refractivity contribution in [2.24, 2.45) is 7.05 Å². The van der Waals surface area contributed by atoms with Crippen LogP contribution in [0.4, 0.5) is 5.69 Å². The van der Waals surface area contributed by atoms with Gasteiger partial charge >= 0.3 is 0 Å². The van der Waals surface area contributed by atoms with Gasteiger partial charge < -0.3 is 5.32 Å². The van der Waals surface area contributed by atoms with Gasteiger partial charge in [0.1, 0.15) is 5.65 Å². The van der Waals surface area contributed by atoms with Gasteiger partial charge in [0.15, 0.2) is 0 Å². The van der Waals surface area contributed by atoms with Gasteiger partial charge in [-0.25, -0.2) is 4.68 Å². The topological polar surface area (TPSA) is 68.9 Å². The van der Waals surface area contributed by atoms with E-state index >= 15 is 0 Å². The largest absolute Gasteiger partial charge is 0.326 e. The van der Waals surface area contributed by atoms with Crippen LogP contribution in [0, 0.1) is 27.7 Å². The van der Waals surface area contributed by atoms with E-state index in [0.717, 1.165) is 39.2 Å². The lowest BCUT2D eigenvalue weighted by molar-refractivity contribution is -0.116. The number of amides is 1. The minimum Gasteiger partial charge on any atom is -0.326 e. The molecule has 0 unspecified atom stereocenters. The monoisotopic (exact) mass is 428 g/mol. The summed E-state index contributed by atoms with van der Waals surface area (Å²) in [6.07, 6.45) is 0.613. The summed E-state index contributed by atoms with van der Waals surface area (Å²) in [5, 5.41) is 8.64. The number of fused-ring (bicyclic) bond motifs is 1. The molecule has 0 aliphatic carbocycles. The first-order valence-electron chi connectivity index (χ1n) is 10.8. The lowest BCUT2D eigenvalue weighted by atomic mass is 10.0. The van der Waals surface area contributed by atoms with E-state index < -0.39 is 0 Å². The molecule has 0 spiro atoms. The molecular weight excluding hydrogens is 400 g/mol. The molecule has 0 radical (unpaired) electrons. The van der Waals surface area contributed by atoms with E-state index in [0.29, 0.717) is 12.0 Å². The molecule has 1 N–H and O–H groups in total. The fraction of sp³-hybridized carbons (Fsp3) is 0.269. The highest BCUT2D eigenvalue weighted by atomic mass is 16.1. The summed E-state index contributed by atoms with van der Waals surface area (Å²) >= 11 is 0. The second kappa shape index (κ2) is 8.46. The van der Waals surface area contributed by atoms with Crippen LogP contribution in [0.5, 0.6) is 0 Å². The molecule has 4 aromatic rings. The molecule has 2 heterocycles. The quantitative estimate of drug-likeness (QED) is 0.508. The lowest BCUT2D eigenvalue weighted by Gasteiger charge is -2.13. The number of benzene rings is 2. The van der Waals surface area contributed by atoms with Crippen LogP contribution in [0.25, 0.3) is 16.7 Å². The van der Waals surface area contributed by atoms with Gasteiger partial charge in [-0.3, -0.25) is 14.2 Å². The third kappa shape index (κ3) is 3.84. The molecule has 0 saturated heterocycles. The van der Waals surface area contributed by atoms with Gasteiger partial charge in [0.2, 0.25) is 5.91 Å². The fourth-order valence-electron chi connectivity index (χ4n) is 4.20. The smallest absolute Gasteiger partial charge is 0.255 e. The van der Waals surface area contributed by atoms with Crippen molar-refractivity contribution in [3.8, 4) is 5.69 Å². The summed E-state index contributed by atoms with van der Waals surface area (Å²) < 4.78 is 3.48. The van der Waals surface area contributed by atoms with Crippen LogP contribution >= 0.6 is 0 Å². The molecule has 0 atom stereocenters. The maximum absolute atomic E-state index is 13.3. The number of pyridine rings is 1. The third-order valence-corrected chi connectivity index (χ3v) is 6.04. The number of para-hydroxylation sites is 1. The summed E-state index contributed by atoms with van der Waals surface area (Å²) in [4.78, 5) is 25.8. The van der Waals surface area contributed by atoms with E-state index in [-0.39, 0.29) is 17.9 Å². The highest BCUT2D eigenvalue weighted by Gasteiger charge is 2.20. The van der Waals surface area contributed by atoms with Crippen molar-refractivity contribution < 1.29 is 4.79 Å². The number of rotatable bonds is 5. The first kappa shape index (κ1) is 21.6. The van der Waals surface area contributed by atoms with Gasteiger partial charge in [-0.05, 0) is 63.4 Å². The number of hydrogen-bond donors (Lipinski definition) is 1. The fourth-order valence-corrected chi connectivity index (χ4v) is 4.20. The summed E-state index contributed by atoms with van der Waals surface area (Å²) in [5.41, 5.74) is 6.97. The molecule has 0 aliphatic rings. The van der Waals surface area contributed by atoms with Gasteiger partial charge in [0, 0.05) is 30.1 Å². The summed E-state index contributed by atoms with van der Waals surface area (Å²) in [6.45, 7) is 7.90. The lowest BCUT2D eigenvalue weighted by Crippen LogP contribution is -2.25. The maximum Gasteiger partial charge on any atom is 0.255 e. The van der Waals surface area contributed by atoms with Crippen molar-refractivity contribution in [2.45, 2.75) is 40.5 Å². The zero-order chi connectivity index (χ0) is 23.0. The SMILES string of the molecule is Cc1ccc(-n2nc(C)c3c(C)c(CCC(=O)Nc4ccccc4C)c(=O)n(C)c32)cc1. The van der Waals surface area contributed by atoms with Crippen LogP contribution in [0.1, 0.15) is 34.4 Å². The van der Waals surface area contributed by atoms with Gasteiger partial charge in [-0.15, -0.1) is 0 Å². The van der Waals surface area contributed by atoms with E-state index in [1.54, 1.807) is 11.6 Å². The van der Waals surface area contributed by atoms with Gasteiger partial charge in [-0.2, -0.15) is 5.10 Å². The standard InChI is InChI=1S/C26H28N4O2/c1-16-10-12-20(13-11-16)30-25-24(19(4)28-30)18(3)21(26(32)29(25)5)14-15-23(31)27-22-9-7-6-8-17(22)2/h6-13H,14-15H2,1-5H3,(H,27,31). The molecule has 2 aromatic heterocycles. The third-order valence-electron chi connectivity index (χ3n) is 6.04. The van der Waals surface area contributed by atoms with Crippen molar-refractivity contribution >= 4 is 22.6 Å². The van der Waals surface area contributed by atoms with Crippen molar-refractivity contribution in [2.75, 3.05) is 5.32 Å². The van der Waals surface area contributed by atoms with Crippen LogP contribution in [0.15, 0.2) is 53.3 Å². The molecule has 6 nitrogen and oxygen atoms in total. The van der Waals surface area contributed by atoms with Crippen LogP contribution in [-0.2, 0) is 18.3 Å². The van der Waals surface area contributed by atoms with E-state index in [1.807, 2.05) is 80.9 Å². The molecule has 32 heavy (non-hydrogen) atoms. The minimum atomic E-state index is -0.104. The average Bonchev–Trinajstić information content (AvgIpc) is 3.11. The number of aryl methyl sites for hydroxylation is 5. The molecular formula is C26H28N4O2. The maximum atomic E-state index is 13.3. The van der Waals surface area contributed by atoms with Crippen molar-refractivity contribution in [1.29, 1.82) is 0 Å². The van der Waals surface area contributed by atoms with E-state index in [9.17, 15) is 9.59 Å². The van der Waals surface area contributed by atoms with Crippen LogP contribution in [0.3, 0.4) is 0 Å². The summed E-state index contributed by atoms with van der Waals surface area (Å²) in [6, 6.07) is 15.7. The number of nitrogens with zero attached hydrogens (tertiary/aromatic N) is 3. The van der Waals surface area contributed by atoms with Gasteiger partial charge in [0.25, 0.3) is 5.56 Å². The van der Waals surface area contributed by atoms with Crippen molar-refractivity contribution in [3.63, 3.8) is 0 Å². The molecule has 0 bridgehead atoms. The van der Waals surface area contributed by atoms with Crippen LogP contribution in [-0.4, -0.2) is 20.3 Å². The second-order valence-electron chi connectivity index (χ2n) is 8.36. The minimum absolute atomic E-state index is 0.0908. The first-order valence-corrected chi connectivity index (χ1v) is 10.8. The first-order chi connectivity index (χ1) is 15.3. The highest BCUT2D eigenvalue weighted by Crippen LogP contribution is 2.26. The molecule has 4 rings (SSSR count). The number of anilines is 1. The Morgan fingerprint density at radius 2 is 1.69 bits per heavy atom. The zero-order valence-electron chi connectivity index (χ0n) is 19.2. The Kier molecular flexibility index (Phi) is 5.70. The van der Waals surface area contributed by atoms with E-state index in [2.05, 4.69) is 5.32 Å². The highest BCUT2D eigenvalue weighted by molar-refractivity contribution is 5.92. The van der Waals surface area contributed by atoms with E-state index in [4.69, 9.17) is 5.10 Å². The molecule has 0 fully saturated rings. The predicted molar refractivity (Wildman–Crippen MR) is 129 cm³/mol. The summed E-state index contributed by atoms with van der Waals surface area (Å²) in [7, 11) is 1.77. The van der Waals surface area contributed by atoms with Crippen molar-refractivity contribution in [1.82, 2.24) is 14.3 Å². The number of aromatic nitrogens is 3. The number of hydrogen-bond acceptors (Lipinski definition) is 3. The van der Waals surface area contributed by atoms with Crippen LogP contribution in [0.2, 0.25) is 0 Å². The normalized spacial score (nSPS) is 11.2. The van der Waals surface area contributed by atoms with E-state index in [1.165, 1.54) is 5.56 Å². The Balaban J connectivity index is 1.69. The molecule has 6 heteroatoms. The zero-order valence-corrected chi connectivity index (χ0v) is 19.2. The Morgan fingerprint density at radius 1 is 1.00 bits per heavy atom. The van der Waals surface area contributed by atoms with Gasteiger partial charge in [0.05, 0.1) is 11.4 Å². The molecule has 0 saturated carbocycles. The van der Waals surface area contributed by atoms with Crippen LogP contribution < -0.4 is 10.9 Å². The number of carbonyl (C=O) groups excluding carboxylic acids is 1. The molecule has 1 amide bonds. The molecule has 0 aliphatic heterocycles. The Hall–Kier alpha value is -3.67. The van der Waals surface area contributed by atoms with Gasteiger partial charge in [-0.1, -0.05) is 35.9 Å². The Bertz CT molecular complexity index is 1380. The average molecular weight is 429 g/mol. The number of nitrogens with one attached hydrogen (secondary N) is 1. The second-order valence-corrected chi connectivity index (χ2v) is 8.36. The van der Waals surface area contributed by atoms with Crippen molar-refractivity contribution in [3.05, 3.63) is 86.8 Å².